The van der Waals surface area contributed by atoms with Gasteiger partial charge in [-0.2, -0.15) is 0 Å². The number of thiazole rings is 1. The maximum Gasteiger partial charge on any atom is 0.244 e. The summed E-state index contributed by atoms with van der Waals surface area (Å²) in [7, 11) is 0. The van der Waals surface area contributed by atoms with Crippen molar-refractivity contribution in [3.8, 4) is 0 Å². The molecule has 0 aliphatic carbocycles. The number of carbonyl (C=O) groups excluding carboxylic acids is 2. The first-order valence-corrected chi connectivity index (χ1v) is 9.78. The molecular formula is C20H23N3O2S. The lowest BCUT2D eigenvalue weighted by Gasteiger charge is -2.15. The van der Waals surface area contributed by atoms with E-state index < -0.39 is 0 Å². The summed E-state index contributed by atoms with van der Waals surface area (Å²) in [6, 6.07) is 7.56. The van der Waals surface area contributed by atoms with Gasteiger partial charge in [0.25, 0.3) is 0 Å². The van der Waals surface area contributed by atoms with Crippen LogP contribution in [0.25, 0.3) is 6.08 Å². The number of aromatic nitrogens is 1. The molecule has 1 aliphatic heterocycles. The lowest BCUT2D eigenvalue weighted by molar-refractivity contribution is -0.117. The molecule has 1 saturated heterocycles. The van der Waals surface area contributed by atoms with E-state index in [4.69, 9.17) is 0 Å². The van der Waals surface area contributed by atoms with E-state index in [9.17, 15) is 9.59 Å². The summed E-state index contributed by atoms with van der Waals surface area (Å²) >= 11 is 1.62. The molecular weight excluding hydrogens is 346 g/mol. The van der Waals surface area contributed by atoms with Crippen molar-refractivity contribution in [1.29, 1.82) is 0 Å². The molecule has 0 bridgehead atoms. The minimum atomic E-state index is -0.151. The third-order valence-corrected chi connectivity index (χ3v) is 5.39. The lowest BCUT2D eigenvalue weighted by atomic mass is 10.2. The third-order valence-electron chi connectivity index (χ3n) is 4.38. The highest BCUT2D eigenvalue weighted by molar-refractivity contribution is 7.09. The van der Waals surface area contributed by atoms with Crippen LogP contribution >= 0.6 is 11.3 Å². The normalized spacial score (nSPS) is 15.6. The molecule has 1 aromatic carbocycles. The van der Waals surface area contributed by atoms with Crippen LogP contribution in [0.1, 0.15) is 49.0 Å². The Balaban J connectivity index is 1.56. The van der Waals surface area contributed by atoms with E-state index in [1.165, 1.54) is 6.08 Å². The Morgan fingerprint density at radius 1 is 1.38 bits per heavy atom. The van der Waals surface area contributed by atoms with Crippen LogP contribution in [0.5, 0.6) is 0 Å². The molecule has 136 valence electrons. The zero-order valence-electron chi connectivity index (χ0n) is 15.1. The molecule has 5 nitrogen and oxygen atoms in total. The number of hydrogen-bond donors (Lipinski definition) is 1. The largest absolute Gasteiger partial charge is 0.344 e. The average molecular weight is 369 g/mol. The van der Waals surface area contributed by atoms with Gasteiger partial charge in [0.2, 0.25) is 11.8 Å². The summed E-state index contributed by atoms with van der Waals surface area (Å²) in [5.41, 5.74) is 2.73. The zero-order chi connectivity index (χ0) is 18.5. The van der Waals surface area contributed by atoms with Gasteiger partial charge in [-0.3, -0.25) is 9.59 Å². The topological polar surface area (TPSA) is 62.3 Å². The van der Waals surface area contributed by atoms with E-state index in [-0.39, 0.29) is 17.9 Å². The van der Waals surface area contributed by atoms with E-state index in [2.05, 4.69) is 17.2 Å². The summed E-state index contributed by atoms with van der Waals surface area (Å²) < 4.78 is 0. The molecule has 2 heterocycles. The predicted molar refractivity (Wildman–Crippen MR) is 105 cm³/mol. The number of benzene rings is 1. The summed E-state index contributed by atoms with van der Waals surface area (Å²) in [6.45, 7) is 4.78. The Bertz CT molecular complexity index is 811. The van der Waals surface area contributed by atoms with Crippen molar-refractivity contribution in [3.05, 3.63) is 52.0 Å². The van der Waals surface area contributed by atoms with Crippen molar-refractivity contribution >= 4 is 34.9 Å². The number of carbonyl (C=O) groups is 2. The number of rotatable bonds is 6. The Hall–Kier alpha value is -2.47. The van der Waals surface area contributed by atoms with Crippen LogP contribution < -0.4 is 10.2 Å². The van der Waals surface area contributed by atoms with E-state index in [0.717, 1.165) is 41.3 Å². The van der Waals surface area contributed by atoms with Gasteiger partial charge in [-0.25, -0.2) is 4.98 Å². The van der Waals surface area contributed by atoms with Gasteiger partial charge < -0.3 is 10.2 Å². The molecule has 1 fully saturated rings. The number of aryl methyl sites for hydroxylation is 1. The second kappa shape index (κ2) is 8.27. The minimum absolute atomic E-state index is 0.118. The molecule has 6 heteroatoms. The number of hydrogen-bond acceptors (Lipinski definition) is 4. The van der Waals surface area contributed by atoms with Gasteiger partial charge in [0.15, 0.2) is 0 Å². The molecule has 1 aliphatic rings. The van der Waals surface area contributed by atoms with Gasteiger partial charge in [0.05, 0.1) is 16.7 Å². The second-order valence-corrected chi connectivity index (χ2v) is 7.27. The molecule has 2 amide bonds. The fourth-order valence-electron chi connectivity index (χ4n) is 2.88. The van der Waals surface area contributed by atoms with Crippen LogP contribution in [0.3, 0.4) is 0 Å². The molecule has 1 atom stereocenters. The van der Waals surface area contributed by atoms with Crippen molar-refractivity contribution in [2.24, 2.45) is 0 Å². The quantitative estimate of drug-likeness (QED) is 0.790. The molecule has 3 rings (SSSR count). The fraction of sp³-hybridized carbons (Fsp3) is 0.350. The molecule has 1 unspecified atom stereocenters. The average Bonchev–Trinajstić information content (AvgIpc) is 3.29. The molecule has 0 radical (unpaired) electrons. The summed E-state index contributed by atoms with van der Waals surface area (Å²) in [4.78, 5) is 30.2. The van der Waals surface area contributed by atoms with E-state index in [1.807, 2.05) is 36.6 Å². The number of nitrogens with zero attached hydrogens (tertiary/aromatic N) is 2. The number of amides is 2. The van der Waals surface area contributed by atoms with E-state index in [1.54, 1.807) is 22.3 Å². The standard InChI is InChI=1S/C20H23N3O2S/c1-3-19-22-17(13-26-19)14(2)21-18(24)11-8-15-6-9-16(10-7-15)23-12-4-5-20(23)25/h6-11,13-14H,3-5,12H2,1-2H3,(H,21,24). The van der Waals surface area contributed by atoms with Crippen molar-refractivity contribution in [1.82, 2.24) is 10.3 Å². The first kappa shape index (κ1) is 18.3. The Morgan fingerprint density at radius 2 is 2.15 bits per heavy atom. The van der Waals surface area contributed by atoms with Crippen LogP contribution in [0.15, 0.2) is 35.7 Å². The number of anilines is 1. The first-order chi connectivity index (χ1) is 12.6. The van der Waals surface area contributed by atoms with Gasteiger partial charge in [0, 0.05) is 30.1 Å². The van der Waals surface area contributed by atoms with Crippen LogP contribution in [-0.2, 0) is 16.0 Å². The van der Waals surface area contributed by atoms with Gasteiger partial charge in [-0.1, -0.05) is 19.1 Å². The molecule has 0 spiro atoms. The third kappa shape index (κ3) is 4.38. The van der Waals surface area contributed by atoms with Crippen molar-refractivity contribution in [2.75, 3.05) is 11.4 Å². The maximum absolute atomic E-state index is 12.1. The van der Waals surface area contributed by atoms with Gasteiger partial charge in [-0.05, 0) is 43.5 Å². The summed E-state index contributed by atoms with van der Waals surface area (Å²) in [6.07, 6.45) is 5.75. The second-order valence-electron chi connectivity index (χ2n) is 6.32. The van der Waals surface area contributed by atoms with Crippen molar-refractivity contribution in [2.45, 2.75) is 39.2 Å². The molecule has 1 aromatic heterocycles. The van der Waals surface area contributed by atoms with Crippen LogP contribution in [0.4, 0.5) is 5.69 Å². The SMILES string of the molecule is CCc1nc(C(C)NC(=O)C=Cc2ccc(N3CCCC3=O)cc2)cs1. The molecule has 2 aromatic rings. The van der Waals surface area contributed by atoms with Crippen molar-refractivity contribution < 1.29 is 9.59 Å². The zero-order valence-corrected chi connectivity index (χ0v) is 15.9. The van der Waals surface area contributed by atoms with Crippen molar-refractivity contribution in [3.63, 3.8) is 0 Å². The predicted octanol–water partition coefficient (Wildman–Crippen LogP) is 3.72. The Morgan fingerprint density at radius 3 is 2.77 bits per heavy atom. The number of nitrogens with one attached hydrogen (secondary N) is 1. The smallest absolute Gasteiger partial charge is 0.244 e. The van der Waals surface area contributed by atoms with E-state index >= 15 is 0 Å². The van der Waals surface area contributed by atoms with Gasteiger partial charge in [0.1, 0.15) is 0 Å². The van der Waals surface area contributed by atoms with E-state index in [0.29, 0.717) is 6.42 Å². The Kier molecular flexibility index (Phi) is 5.83. The highest BCUT2D eigenvalue weighted by atomic mass is 32.1. The molecule has 1 N–H and O–H groups in total. The monoisotopic (exact) mass is 369 g/mol. The first-order valence-electron chi connectivity index (χ1n) is 8.90. The molecule has 26 heavy (non-hydrogen) atoms. The maximum atomic E-state index is 12.1. The summed E-state index contributed by atoms with van der Waals surface area (Å²) in [5, 5.41) is 6.00. The fourth-order valence-corrected chi connectivity index (χ4v) is 3.72. The summed E-state index contributed by atoms with van der Waals surface area (Å²) in [5.74, 6) is 0.0253. The van der Waals surface area contributed by atoms with Crippen LogP contribution in [0, 0.1) is 0 Å². The van der Waals surface area contributed by atoms with Gasteiger partial charge in [-0.15, -0.1) is 11.3 Å². The highest BCUT2D eigenvalue weighted by Gasteiger charge is 2.21. The molecule has 0 saturated carbocycles. The highest BCUT2D eigenvalue weighted by Crippen LogP contribution is 2.22. The van der Waals surface area contributed by atoms with Crippen LogP contribution in [-0.4, -0.2) is 23.3 Å². The minimum Gasteiger partial charge on any atom is -0.344 e. The lowest BCUT2D eigenvalue weighted by Crippen LogP contribution is -2.24. The van der Waals surface area contributed by atoms with Crippen LogP contribution in [0.2, 0.25) is 0 Å². The Labute approximate surface area is 157 Å². The van der Waals surface area contributed by atoms with Gasteiger partial charge >= 0.3 is 0 Å².